The van der Waals surface area contributed by atoms with Gasteiger partial charge in [-0.05, 0) is 12.1 Å². The van der Waals surface area contributed by atoms with E-state index in [0.29, 0.717) is 11.0 Å². The summed E-state index contributed by atoms with van der Waals surface area (Å²) in [6.45, 7) is -0.411. The van der Waals surface area contributed by atoms with Crippen molar-refractivity contribution in [1.29, 1.82) is 0 Å². The van der Waals surface area contributed by atoms with Gasteiger partial charge in [-0.25, -0.2) is 4.79 Å². The van der Waals surface area contributed by atoms with Gasteiger partial charge in [0.25, 0.3) is 0 Å². The van der Waals surface area contributed by atoms with E-state index in [0.717, 1.165) is 0 Å². The van der Waals surface area contributed by atoms with Crippen molar-refractivity contribution < 1.29 is 9.52 Å². The van der Waals surface area contributed by atoms with Crippen LogP contribution in [-0.4, -0.2) is 5.11 Å². The average Bonchev–Trinajstić information content (AvgIpc) is 2.18. The van der Waals surface area contributed by atoms with Gasteiger partial charge in [0.05, 0.1) is 17.2 Å². The molecule has 0 aliphatic carbocycles. The van der Waals surface area contributed by atoms with Crippen LogP contribution in [0.15, 0.2) is 33.5 Å². The number of aliphatic hydroxyl groups is 1. The van der Waals surface area contributed by atoms with Gasteiger partial charge in [0.1, 0.15) is 5.58 Å². The smallest absolute Gasteiger partial charge is 0.343 e. The fraction of sp³-hybridized carbons (Fsp3) is 0.100. The van der Waals surface area contributed by atoms with E-state index >= 15 is 0 Å². The van der Waals surface area contributed by atoms with Crippen molar-refractivity contribution in [2.45, 2.75) is 6.61 Å². The lowest BCUT2D eigenvalue weighted by molar-refractivity contribution is 0.276. The summed E-state index contributed by atoms with van der Waals surface area (Å²) in [6, 6.07) is 6.93. The normalized spacial score (nSPS) is 10.7. The second kappa shape index (κ2) is 3.44. The maximum Gasteiger partial charge on any atom is 0.343 e. The van der Waals surface area contributed by atoms with E-state index < -0.39 is 12.2 Å². The predicted molar refractivity (Wildman–Crippen MR) is 53.4 cm³/mol. The van der Waals surface area contributed by atoms with Crippen molar-refractivity contribution in [1.82, 2.24) is 0 Å². The molecule has 2 aromatic rings. The number of hydrogen-bond acceptors (Lipinski definition) is 3. The van der Waals surface area contributed by atoms with Crippen molar-refractivity contribution in [3.05, 3.63) is 45.3 Å². The lowest BCUT2D eigenvalue weighted by Gasteiger charge is -2.02. The minimum absolute atomic E-state index is 0.102. The summed E-state index contributed by atoms with van der Waals surface area (Å²) in [4.78, 5) is 11.3. The molecule has 1 aromatic heterocycles. The molecular weight excluding hydrogens is 204 g/mol. The van der Waals surface area contributed by atoms with Crippen molar-refractivity contribution in [2.75, 3.05) is 0 Å². The standard InChI is InChI=1S/C10H7ClO3/c11-9-6-3-1-2-4-8(6)14-10(13)7(9)5-12/h1-4,12H,5H2. The number of hydrogen-bond donors (Lipinski definition) is 1. The van der Waals surface area contributed by atoms with Gasteiger partial charge in [-0.15, -0.1) is 0 Å². The topological polar surface area (TPSA) is 50.4 Å². The molecule has 0 amide bonds. The lowest BCUT2D eigenvalue weighted by Crippen LogP contribution is -2.07. The summed E-state index contributed by atoms with van der Waals surface area (Å²) in [6.07, 6.45) is 0. The summed E-state index contributed by atoms with van der Waals surface area (Å²) in [7, 11) is 0. The first-order valence-electron chi connectivity index (χ1n) is 4.05. The van der Waals surface area contributed by atoms with Crippen molar-refractivity contribution in [3.8, 4) is 0 Å². The molecule has 1 aromatic carbocycles. The third kappa shape index (κ3) is 1.31. The van der Waals surface area contributed by atoms with E-state index in [1.54, 1.807) is 24.3 Å². The molecule has 4 heteroatoms. The highest BCUT2D eigenvalue weighted by Gasteiger charge is 2.10. The van der Waals surface area contributed by atoms with Crippen LogP contribution in [0.1, 0.15) is 5.56 Å². The Kier molecular flexibility index (Phi) is 2.27. The first-order chi connectivity index (χ1) is 6.74. The van der Waals surface area contributed by atoms with Crippen LogP contribution in [0.25, 0.3) is 11.0 Å². The van der Waals surface area contributed by atoms with Gasteiger partial charge < -0.3 is 9.52 Å². The number of para-hydroxylation sites is 1. The zero-order valence-corrected chi connectivity index (χ0v) is 7.91. The van der Waals surface area contributed by atoms with Gasteiger partial charge in [0, 0.05) is 5.39 Å². The van der Waals surface area contributed by atoms with Crippen LogP contribution in [0.2, 0.25) is 5.02 Å². The molecule has 0 aliphatic rings. The van der Waals surface area contributed by atoms with Gasteiger partial charge in [0.2, 0.25) is 0 Å². The van der Waals surface area contributed by atoms with E-state index in [4.69, 9.17) is 21.1 Å². The van der Waals surface area contributed by atoms with E-state index in [1.165, 1.54) is 0 Å². The molecule has 1 heterocycles. The summed E-state index contributed by atoms with van der Waals surface area (Å²) in [5.41, 5.74) is -0.0544. The summed E-state index contributed by atoms with van der Waals surface area (Å²) < 4.78 is 4.96. The first-order valence-corrected chi connectivity index (χ1v) is 4.43. The maximum atomic E-state index is 11.3. The number of benzene rings is 1. The minimum atomic E-state index is -0.587. The fourth-order valence-electron chi connectivity index (χ4n) is 1.28. The lowest BCUT2D eigenvalue weighted by atomic mass is 10.2. The minimum Gasteiger partial charge on any atom is -0.422 e. The van der Waals surface area contributed by atoms with E-state index in [2.05, 4.69) is 0 Å². The third-order valence-electron chi connectivity index (χ3n) is 2.00. The van der Waals surface area contributed by atoms with Gasteiger partial charge in [-0.1, -0.05) is 23.7 Å². The van der Waals surface area contributed by atoms with E-state index in [9.17, 15) is 4.79 Å². The molecule has 72 valence electrons. The number of rotatable bonds is 1. The highest BCUT2D eigenvalue weighted by Crippen LogP contribution is 2.24. The van der Waals surface area contributed by atoms with Crippen LogP contribution in [-0.2, 0) is 6.61 Å². The SMILES string of the molecule is O=c1oc2ccccc2c(Cl)c1CO. The van der Waals surface area contributed by atoms with Gasteiger partial charge >= 0.3 is 5.63 Å². The number of fused-ring (bicyclic) bond motifs is 1. The summed E-state index contributed by atoms with van der Waals surface area (Å²) in [5.74, 6) is 0. The van der Waals surface area contributed by atoms with Crippen LogP contribution in [0.5, 0.6) is 0 Å². The molecule has 0 atom stereocenters. The first kappa shape index (κ1) is 9.24. The molecule has 0 fully saturated rings. The molecule has 3 nitrogen and oxygen atoms in total. The Morgan fingerprint density at radius 3 is 2.79 bits per heavy atom. The molecule has 0 aliphatic heterocycles. The fourth-order valence-corrected chi connectivity index (χ4v) is 1.58. The van der Waals surface area contributed by atoms with Gasteiger partial charge in [0.15, 0.2) is 0 Å². The van der Waals surface area contributed by atoms with Crippen molar-refractivity contribution in [2.24, 2.45) is 0 Å². The second-order valence-electron chi connectivity index (χ2n) is 2.84. The Morgan fingerprint density at radius 2 is 2.07 bits per heavy atom. The molecule has 2 rings (SSSR count). The summed E-state index contributed by atoms with van der Waals surface area (Å²) >= 11 is 5.93. The largest absolute Gasteiger partial charge is 0.422 e. The molecule has 0 unspecified atom stereocenters. The highest BCUT2D eigenvalue weighted by atomic mass is 35.5. The molecule has 14 heavy (non-hydrogen) atoms. The van der Waals surface area contributed by atoms with Crippen LogP contribution in [0.3, 0.4) is 0 Å². The third-order valence-corrected chi connectivity index (χ3v) is 2.43. The monoisotopic (exact) mass is 210 g/mol. The zero-order chi connectivity index (χ0) is 10.1. The van der Waals surface area contributed by atoms with Crippen molar-refractivity contribution >= 4 is 22.6 Å². The Bertz CT molecular complexity index is 530. The van der Waals surface area contributed by atoms with Crippen LogP contribution in [0, 0.1) is 0 Å². The van der Waals surface area contributed by atoms with E-state index in [1.807, 2.05) is 0 Å². The molecular formula is C10H7ClO3. The molecule has 0 spiro atoms. The Morgan fingerprint density at radius 1 is 1.36 bits per heavy atom. The zero-order valence-electron chi connectivity index (χ0n) is 7.16. The molecule has 0 saturated carbocycles. The maximum absolute atomic E-state index is 11.3. The highest BCUT2D eigenvalue weighted by molar-refractivity contribution is 6.35. The quantitative estimate of drug-likeness (QED) is 0.732. The number of aliphatic hydroxyl groups excluding tert-OH is 1. The van der Waals surface area contributed by atoms with E-state index in [-0.39, 0.29) is 10.6 Å². The van der Waals surface area contributed by atoms with Crippen LogP contribution < -0.4 is 5.63 Å². The Balaban J connectivity index is 2.93. The molecule has 0 saturated heterocycles. The predicted octanol–water partition coefficient (Wildman–Crippen LogP) is 1.94. The van der Waals surface area contributed by atoms with Gasteiger partial charge in [-0.3, -0.25) is 0 Å². The Labute approximate surface area is 84.5 Å². The van der Waals surface area contributed by atoms with Crippen LogP contribution >= 0.6 is 11.6 Å². The molecule has 0 bridgehead atoms. The Hall–Kier alpha value is -1.32. The molecule has 0 radical (unpaired) electrons. The van der Waals surface area contributed by atoms with Crippen LogP contribution in [0.4, 0.5) is 0 Å². The number of halogens is 1. The second-order valence-corrected chi connectivity index (χ2v) is 3.21. The molecule has 1 N–H and O–H groups in total. The summed E-state index contributed by atoms with van der Waals surface area (Å²) in [5, 5.41) is 9.81. The average molecular weight is 211 g/mol. The van der Waals surface area contributed by atoms with Crippen molar-refractivity contribution in [3.63, 3.8) is 0 Å². The van der Waals surface area contributed by atoms with Gasteiger partial charge in [-0.2, -0.15) is 0 Å².